The Bertz CT molecular complexity index is 584. The van der Waals surface area contributed by atoms with Crippen LogP contribution in [0.15, 0.2) is 24.3 Å². The summed E-state index contributed by atoms with van der Waals surface area (Å²) in [5, 5.41) is 21.0. The van der Waals surface area contributed by atoms with E-state index in [0.29, 0.717) is 10.8 Å². The van der Waals surface area contributed by atoms with E-state index in [1.54, 1.807) is 12.1 Å². The van der Waals surface area contributed by atoms with Gasteiger partial charge in [-0.1, -0.05) is 24.6 Å². The minimum absolute atomic E-state index is 0.281. The molecule has 0 spiro atoms. The van der Waals surface area contributed by atoms with Gasteiger partial charge in [0.05, 0.1) is 5.69 Å². The predicted octanol–water partition coefficient (Wildman–Crippen LogP) is 2.61. The third-order valence-corrected chi connectivity index (χ3v) is 2.54. The Morgan fingerprint density at radius 3 is 2.94 bits per heavy atom. The molecule has 0 saturated carbocycles. The van der Waals surface area contributed by atoms with Gasteiger partial charge in [-0.3, -0.25) is 0 Å². The predicted molar refractivity (Wildman–Crippen MR) is 69.9 cm³/mol. The molecule has 2 rings (SSSR count). The second kappa shape index (κ2) is 5.52. The fraction of sp³-hybridized carbons (Fsp3) is 0.250. The lowest BCUT2D eigenvalue weighted by atomic mass is 10.3. The van der Waals surface area contributed by atoms with Crippen molar-refractivity contribution >= 4 is 17.4 Å². The van der Waals surface area contributed by atoms with Gasteiger partial charge in [0.15, 0.2) is 5.82 Å². The number of anilines is 1. The number of nitriles is 1. The highest BCUT2D eigenvalue weighted by atomic mass is 35.5. The van der Waals surface area contributed by atoms with Crippen LogP contribution >= 0.6 is 11.6 Å². The zero-order valence-electron chi connectivity index (χ0n) is 9.89. The van der Waals surface area contributed by atoms with Gasteiger partial charge in [0.2, 0.25) is 5.69 Å². The lowest BCUT2D eigenvalue weighted by Crippen LogP contribution is -2.03. The molecule has 1 heterocycles. The van der Waals surface area contributed by atoms with Gasteiger partial charge in [-0.15, -0.1) is 15.0 Å². The molecule has 92 valence electrons. The van der Waals surface area contributed by atoms with Gasteiger partial charge < -0.3 is 5.32 Å². The smallest absolute Gasteiger partial charge is 0.207 e. The third kappa shape index (κ3) is 2.60. The van der Waals surface area contributed by atoms with E-state index in [9.17, 15) is 0 Å². The van der Waals surface area contributed by atoms with E-state index < -0.39 is 0 Å². The molecule has 0 atom stereocenters. The first-order chi connectivity index (χ1) is 8.74. The van der Waals surface area contributed by atoms with Gasteiger partial charge in [0.25, 0.3) is 0 Å². The van der Waals surface area contributed by atoms with Gasteiger partial charge in [-0.2, -0.15) is 5.26 Å². The Morgan fingerprint density at radius 1 is 1.44 bits per heavy atom. The summed E-state index contributed by atoms with van der Waals surface area (Å²) in [6, 6.07) is 9.18. The number of aromatic nitrogens is 3. The molecule has 5 nitrogen and oxygen atoms in total. The molecular weight excluding hydrogens is 250 g/mol. The summed E-state index contributed by atoms with van der Waals surface area (Å²) >= 11 is 5.91. The number of rotatable bonds is 4. The van der Waals surface area contributed by atoms with Crippen molar-refractivity contribution in [1.29, 1.82) is 5.26 Å². The van der Waals surface area contributed by atoms with E-state index in [1.807, 2.05) is 25.1 Å². The second-order valence-corrected chi connectivity index (χ2v) is 4.14. The molecule has 18 heavy (non-hydrogen) atoms. The van der Waals surface area contributed by atoms with Crippen LogP contribution in [0.4, 0.5) is 5.82 Å². The van der Waals surface area contributed by atoms with Gasteiger partial charge >= 0.3 is 0 Å². The molecule has 0 saturated heterocycles. The molecule has 0 aliphatic heterocycles. The van der Waals surface area contributed by atoms with Crippen LogP contribution < -0.4 is 5.32 Å². The molecule has 6 heteroatoms. The van der Waals surface area contributed by atoms with Gasteiger partial charge in [0.1, 0.15) is 6.07 Å². The molecule has 0 aliphatic carbocycles. The van der Waals surface area contributed by atoms with Crippen LogP contribution in [-0.2, 0) is 0 Å². The number of halogens is 1. The highest BCUT2D eigenvalue weighted by Gasteiger charge is 2.11. The molecule has 1 N–H and O–H groups in total. The fourth-order valence-electron chi connectivity index (χ4n) is 1.46. The lowest BCUT2D eigenvalue weighted by molar-refractivity contribution is 0.749. The Hall–Kier alpha value is -2.06. The molecule has 2 aromatic rings. The first-order valence-electron chi connectivity index (χ1n) is 5.62. The first-order valence-corrected chi connectivity index (χ1v) is 5.99. The zero-order chi connectivity index (χ0) is 13.0. The average molecular weight is 262 g/mol. The minimum atomic E-state index is 0.281. The topological polar surface area (TPSA) is 66.5 Å². The molecule has 0 aliphatic rings. The Morgan fingerprint density at radius 2 is 2.28 bits per heavy atom. The Kier molecular flexibility index (Phi) is 3.80. The van der Waals surface area contributed by atoms with Crippen molar-refractivity contribution < 1.29 is 0 Å². The molecule has 1 aromatic carbocycles. The normalized spacial score (nSPS) is 10.1. The third-order valence-electron chi connectivity index (χ3n) is 2.30. The van der Waals surface area contributed by atoms with Gasteiger partial charge in [-0.05, 0) is 24.6 Å². The van der Waals surface area contributed by atoms with Crippen LogP contribution in [0.2, 0.25) is 5.02 Å². The molecule has 0 amide bonds. The minimum Gasteiger partial charge on any atom is -0.366 e. The highest BCUT2D eigenvalue weighted by Crippen LogP contribution is 2.16. The van der Waals surface area contributed by atoms with Crippen LogP contribution in [0.25, 0.3) is 5.69 Å². The summed E-state index contributed by atoms with van der Waals surface area (Å²) < 4.78 is 0. The number of hydrogen-bond donors (Lipinski definition) is 1. The van der Waals surface area contributed by atoms with Crippen molar-refractivity contribution in [3.8, 4) is 11.8 Å². The lowest BCUT2D eigenvalue weighted by Gasteiger charge is -2.00. The van der Waals surface area contributed by atoms with Crippen LogP contribution in [0, 0.1) is 11.3 Å². The molecule has 0 unspecified atom stereocenters. The van der Waals surface area contributed by atoms with Crippen molar-refractivity contribution in [3.05, 3.63) is 35.0 Å². The van der Waals surface area contributed by atoms with E-state index in [1.165, 1.54) is 4.80 Å². The summed E-state index contributed by atoms with van der Waals surface area (Å²) in [6.45, 7) is 2.79. The van der Waals surface area contributed by atoms with E-state index in [0.717, 1.165) is 18.7 Å². The van der Waals surface area contributed by atoms with Crippen LogP contribution in [-0.4, -0.2) is 21.5 Å². The SMILES string of the molecule is CCCNc1nn(-c2cccc(Cl)c2)nc1C#N. The molecule has 0 bridgehead atoms. The number of nitrogens with zero attached hydrogens (tertiary/aromatic N) is 4. The summed E-state index contributed by atoms with van der Waals surface area (Å²) in [4.78, 5) is 1.41. The van der Waals surface area contributed by atoms with Gasteiger partial charge in [-0.25, -0.2) is 0 Å². The maximum Gasteiger partial charge on any atom is 0.207 e. The van der Waals surface area contributed by atoms with Crippen molar-refractivity contribution in [3.63, 3.8) is 0 Å². The van der Waals surface area contributed by atoms with Crippen molar-refractivity contribution in [2.24, 2.45) is 0 Å². The van der Waals surface area contributed by atoms with Crippen LogP contribution in [0.3, 0.4) is 0 Å². The molecule has 1 aromatic heterocycles. The first kappa shape index (κ1) is 12.4. The summed E-state index contributed by atoms with van der Waals surface area (Å²) in [5.74, 6) is 0.499. The molecule has 0 radical (unpaired) electrons. The Labute approximate surface area is 110 Å². The summed E-state index contributed by atoms with van der Waals surface area (Å²) in [5.41, 5.74) is 1.01. The maximum absolute atomic E-state index is 9.00. The van der Waals surface area contributed by atoms with Crippen LogP contribution in [0.5, 0.6) is 0 Å². The van der Waals surface area contributed by atoms with E-state index in [-0.39, 0.29) is 5.69 Å². The van der Waals surface area contributed by atoms with E-state index in [2.05, 4.69) is 15.5 Å². The van der Waals surface area contributed by atoms with Crippen molar-refractivity contribution in [2.45, 2.75) is 13.3 Å². The quantitative estimate of drug-likeness (QED) is 0.919. The zero-order valence-corrected chi connectivity index (χ0v) is 10.6. The molecule has 0 fully saturated rings. The number of benzene rings is 1. The van der Waals surface area contributed by atoms with Crippen molar-refractivity contribution in [2.75, 3.05) is 11.9 Å². The number of nitrogens with one attached hydrogen (secondary N) is 1. The maximum atomic E-state index is 9.00. The number of hydrogen-bond acceptors (Lipinski definition) is 4. The van der Waals surface area contributed by atoms with E-state index >= 15 is 0 Å². The van der Waals surface area contributed by atoms with Crippen LogP contribution in [0.1, 0.15) is 19.0 Å². The Balaban J connectivity index is 2.35. The van der Waals surface area contributed by atoms with Gasteiger partial charge in [0, 0.05) is 11.6 Å². The highest BCUT2D eigenvalue weighted by molar-refractivity contribution is 6.30. The monoisotopic (exact) mass is 261 g/mol. The fourth-order valence-corrected chi connectivity index (χ4v) is 1.64. The largest absolute Gasteiger partial charge is 0.366 e. The van der Waals surface area contributed by atoms with Crippen molar-refractivity contribution in [1.82, 2.24) is 15.0 Å². The van der Waals surface area contributed by atoms with E-state index in [4.69, 9.17) is 16.9 Å². The molecular formula is C12H12ClN5. The average Bonchev–Trinajstić information content (AvgIpc) is 2.79. The summed E-state index contributed by atoms with van der Waals surface area (Å²) in [6.07, 6.45) is 0.953. The standard InChI is InChI=1S/C12H12ClN5/c1-2-6-15-12-11(8-14)16-18(17-12)10-5-3-4-9(13)7-10/h3-5,7H,2,6H2,1H3,(H,15,17). The second-order valence-electron chi connectivity index (χ2n) is 3.71. The summed E-state index contributed by atoms with van der Waals surface area (Å²) in [7, 11) is 0.